The summed E-state index contributed by atoms with van der Waals surface area (Å²) in [6.45, 7) is 1.81. The van der Waals surface area contributed by atoms with Crippen LogP contribution in [0.3, 0.4) is 0 Å². The van der Waals surface area contributed by atoms with Crippen molar-refractivity contribution in [1.82, 2.24) is 10.2 Å². The molecule has 1 aliphatic carbocycles. The lowest BCUT2D eigenvalue weighted by atomic mass is 10.3. The Morgan fingerprint density at radius 1 is 1.60 bits per heavy atom. The number of aromatic nitrogens is 2. The van der Waals surface area contributed by atoms with Gasteiger partial charge in [-0.1, -0.05) is 0 Å². The summed E-state index contributed by atoms with van der Waals surface area (Å²) in [4.78, 5) is 22.1. The van der Waals surface area contributed by atoms with E-state index in [9.17, 15) is 9.59 Å². The lowest BCUT2D eigenvalue weighted by molar-refractivity contribution is -0.139. The van der Waals surface area contributed by atoms with Crippen molar-refractivity contribution in [2.75, 3.05) is 5.32 Å². The van der Waals surface area contributed by atoms with Crippen molar-refractivity contribution in [2.24, 2.45) is 11.8 Å². The van der Waals surface area contributed by atoms with Gasteiger partial charge in [0.1, 0.15) is 5.82 Å². The quantitative estimate of drug-likeness (QED) is 0.670. The Morgan fingerprint density at radius 3 is 2.80 bits per heavy atom. The molecule has 0 spiro atoms. The van der Waals surface area contributed by atoms with Crippen molar-refractivity contribution in [2.45, 2.75) is 13.3 Å². The zero-order valence-electron chi connectivity index (χ0n) is 8.15. The van der Waals surface area contributed by atoms with E-state index in [1.54, 1.807) is 13.1 Å². The van der Waals surface area contributed by atoms with Crippen LogP contribution in [-0.4, -0.2) is 27.2 Å². The average molecular weight is 209 g/mol. The van der Waals surface area contributed by atoms with Crippen LogP contribution in [0.15, 0.2) is 6.20 Å². The Kier molecular flexibility index (Phi) is 2.18. The molecule has 0 aliphatic heterocycles. The number of aliphatic carboxylic acids is 1. The van der Waals surface area contributed by atoms with E-state index in [4.69, 9.17) is 5.11 Å². The second-order valence-electron chi connectivity index (χ2n) is 3.70. The highest BCUT2D eigenvalue weighted by Gasteiger charge is 2.48. The highest BCUT2D eigenvalue weighted by Crippen LogP contribution is 2.39. The number of carbonyl (C=O) groups excluding carboxylic acids is 1. The first kappa shape index (κ1) is 9.70. The summed E-state index contributed by atoms with van der Waals surface area (Å²) < 4.78 is 0. The molecule has 0 aromatic carbocycles. The first-order valence-electron chi connectivity index (χ1n) is 4.63. The fourth-order valence-electron chi connectivity index (χ4n) is 1.45. The maximum absolute atomic E-state index is 11.5. The zero-order chi connectivity index (χ0) is 11.0. The average Bonchev–Trinajstić information content (AvgIpc) is 2.88. The second kappa shape index (κ2) is 3.38. The molecule has 6 nitrogen and oxygen atoms in total. The van der Waals surface area contributed by atoms with Crippen molar-refractivity contribution < 1.29 is 14.7 Å². The number of nitrogens with one attached hydrogen (secondary N) is 2. The number of carboxylic acid groups (broad SMARTS) is 1. The largest absolute Gasteiger partial charge is 0.481 e. The molecular formula is C9H11N3O3. The minimum absolute atomic E-state index is 0.255. The number of H-pyrrole nitrogens is 1. The third-order valence-electron chi connectivity index (χ3n) is 2.52. The molecule has 1 amide bonds. The number of anilines is 1. The number of carboxylic acids is 1. The van der Waals surface area contributed by atoms with Gasteiger partial charge in [0, 0.05) is 5.56 Å². The molecule has 0 unspecified atom stereocenters. The molecule has 1 aromatic rings. The number of carbonyl (C=O) groups is 2. The third kappa shape index (κ3) is 1.83. The van der Waals surface area contributed by atoms with Gasteiger partial charge in [0.25, 0.3) is 0 Å². The molecule has 80 valence electrons. The van der Waals surface area contributed by atoms with Crippen LogP contribution in [0.2, 0.25) is 0 Å². The molecule has 6 heteroatoms. The summed E-state index contributed by atoms with van der Waals surface area (Å²) in [6, 6.07) is 0. The van der Waals surface area contributed by atoms with Crippen LogP contribution in [0.1, 0.15) is 12.0 Å². The van der Waals surface area contributed by atoms with Crippen molar-refractivity contribution in [3.63, 3.8) is 0 Å². The predicted octanol–water partition coefficient (Wildman–Crippen LogP) is 0.377. The molecule has 1 heterocycles. The Bertz CT molecular complexity index is 412. The van der Waals surface area contributed by atoms with E-state index in [0.29, 0.717) is 12.2 Å². The van der Waals surface area contributed by atoms with Crippen molar-refractivity contribution >= 4 is 17.7 Å². The topological polar surface area (TPSA) is 95.1 Å². The van der Waals surface area contributed by atoms with Gasteiger partial charge in [-0.3, -0.25) is 14.7 Å². The van der Waals surface area contributed by atoms with Gasteiger partial charge in [0.05, 0.1) is 18.0 Å². The number of nitrogens with zero attached hydrogens (tertiary/aromatic N) is 1. The Hall–Kier alpha value is -1.85. The molecule has 1 aromatic heterocycles. The Balaban J connectivity index is 1.95. The first-order valence-corrected chi connectivity index (χ1v) is 4.63. The summed E-state index contributed by atoms with van der Waals surface area (Å²) in [5, 5.41) is 17.7. The summed E-state index contributed by atoms with van der Waals surface area (Å²) in [5.41, 5.74) is 0.830. The third-order valence-corrected chi connectivity index (χ3v) is 2.52. The monoisotopic (exact) mass is 209 g/mol. The van der Waals surface area contributed by atoms with Crippen LogP contribution < -0.4 is 5.32 Å². The van der Waals surface area contributed by atoms with Gasteiger partial charge in [0.2, 0.25) is 5.91 Å². The molecular weight excluding hydrogens is 198 g/mol. The Labute approximate surface area is 85.7 Å². The van der Waals surface area contributed by atoms with E-state index in [1.807, 2.05) is 0 Å². The number of aromatic amines is 1. The van der Waals surface area contributed by atoms with Crippen molar-refractivity contribution in [3.8, 4) is 0 Å². The zero-order valence-corrected chi connectivity index (χ0v) is 8.15. The molecule has 1 aliphatic rings. The van der Waals surface area contributed by atoms with Gasteiger partial charge in [0.15, 0.2) is 0 Å². The first-order chi connectivity index (χ1) is 7.09. The van der Waals surface area contributed by atoms with Gasteiger partial charge in [-0.2, -0.15) is 5.10 Å². The maximum Gasteiger partial charge on any atom is 0.307 e. The number of amides is 1. The van der Waals surface area contributed by atoms with Crippen LogP contribution in [0.5, 0.6) is 0 Å². The lowest BCUT2D eigenvalue weighted by Gasteiger charge is -2.01. The minimum Gasteiger partial charge on any atom is -0.481 e. The summed E-state index contributed by atoms with van der Waals surface area (Å²) >= 11 is 0. The maximum atomic E-state index is 11.5. The SMILES string of the molecule is Cc1cn[nH]c1NC(=O)[C@@H]1C[C@@H]1C(=O)O. The molecule has 0 radical (unpaired) electrons. The highest BCUT2D eigenvalue weighted by atomic mass is 16.4. The van der Waals surface area contributed by atoms with Gasteiger partial charge in [-0.05, 0) is 13.3 Å². The fraction of sp³-hybridized carbons (Fsp3) is 0.444. The van der Waals surface area contributed by atoms with Crippen LogP contribution >= 0.6 is 0 Å². The van der Waals surface area contributed by atoms with Gasteiger partial charge >= 0.3 is 5.97 Å². The molecule has 0 bridgehead atoms. The summed E-state index contributed by atoms with van der Waals surface area (Å²) in [7, 11) is 0. The van der Waals surface area contributed by atoms with E-state index in [-0.39, 0.29) is 5.91 Å². The number of hydrogen-bond donors (Lipinski definition) is 3. The van der Waals surface area contributed by atoms with Crippen molar-refractivity contribution in [3.05, 3.63) is 11.8 Å². The van der Waals surface area contributed by atoms with E-state index >= 15 is 0 Å². The second-order valence-corrected chi connectivity index (χ2v) is 3.70. The van der Waals surface area contributed by atoms with Crippen LogP contribution in [-0.2, 0) is 9.59 Å². The smallest absolute Gasteiger partial charge is 0.307 e. The van der Waals surface area contributed by atoms with E-state index in [2.05, 4.69) is 15.5 Å². The molecule has 1 fully saturated rings. The normalized spacial score (nSPS) is 23.5. The van der Waals surface area contributed by atoms with Gasteiger partial charge in [-0.25, -0.2) is 0 Å². The molecule has 1 saturated carbocycles. The fourth-order valence-corrected chi connectivity index (χ4v) is 1.45. The van der Waals surface area contributed by atoms with Gasteiger partial charge < -0.3 is 10.4 Å². The number of aryl methyl sites for hydroxylation is 1. The number of rotatable bonds is 3. The standard InChI is InChI=1S/C9H11N3O3/c1-4-3-10-12-7(4)11-8(13)5-2-6(5)9(14)15/h3,5-6H,2H2,1H3,(H,14,15)(H2,10,11,12,13)/t5-,6+/m1/s1. The van der Waals surface area contributed by atoms with Crippen LogP contribution in [0.4, 0.5) is 5.82 Å². The molecule has 2 atom stereocenters. The molecule has 15 heavy (non-hydrogen) atoms. The minimum atomic E-state index is -0.906. The number of hydrogen-bond acceptors (Lipinski definition) is 3. The molecule has 2 rings (SSSR count). The van der Waals surface area contributed by atoms with Crippen LogP contribution in [0, 0.1) is 18.8 Å². The predicted molar refractivity (Wildman–Crippen MR) is 51.2 cm³/mol. The van der Waals surface area contributed by atoms with Gasteiger partial charge in [-0.15, -0.1) is 0 Å². The highest BCUT2D eigenvalue weighted by molar-refractivity contribution is 5.97. The van der Waals surface area contributed by atoms with E-state index in [0.717, 1.165) is 5.56 Å². The van der Waals surface area contributed by atoms with Crippen molar-refractivity contribution in [1.29, 1.82) is 0 Å². The lowest BCUT2D eigenvalue weighted by Crippen LogP contribution is -2.17. The summed E-state index contributed by atoms with van der Waals surface area (Å²) in [5.74, 6) is -1.54. The summed E-state index contributed by atoms with van der Waals surface area (Å²) in [6.07, 6.45) is 2.02. The Morgan fingerprint density at radius 2 is 2.33 bits per heavy atom. The van der Waals surface area contributed by atoms with Crippen LogP contribution in [0.25, 0.3) is 0 Å². The molecule has 3 N–H and O–H groups in total. The molecule has 0 saturated heterocycles. The van der Waals surface area contributed by atoms with E-state index in [1.165, 1.54) is 0 Å². The van der Waals surface area contributed by atoms with E-state index < -0.39 is 17.8 Å².